The van der Waals surface area contributed by atoms with Crippen LogP contribution in [0.1, 0.15) is 42.9 Å². The summed E-state index contributed by atoms with van der Waals surface area (Å²) in [5.74, 6) is -1.46. The number of alkyl halides is 3. The highest BCUT2D eigenvalue weighted by Gasteiger charge is 2.39. The monoisotopic (exact) mass is 397 g/mol. The standard InChI is InChI=1S/C19H19F4N3O2/c1-18(28)7-10(8-18)24-17-12-4-2-3-11(12)16(25-26-17)15-13(20)5-9(6-14(15)27)19(21,22)23/h5-6,10,27-28H,2-4,7-8H2,1H3,(H,24,26)/t10-,18+. The summed E-state index contributed by atoms with van der Waals surface area (Å²) in [5.41, 5.74) is -0.748. The second-order valence-corrected chi connectivity index (χ2v) is 7.80. The summed E-state index contributed by atoms with van der Waals surface area (Å²) in [5, 5.41) is 31.3. The van der Waals surface area contributed by atoms with Gasteiger partial charge in [-0.15, -0.1) is 10.2 Å². The van der Waals surface area contributed by atoms with Crippen LogP contribution in [-0.4, -0.2) is 32.1 Å². The molecular weight excluding hydrogens is 378 g/mol. The van der Waals surface area contributed by atoms with Crippen LogP contribution in [0.2, 0.25) is 0 Å². The maximum atomic E-state index is 14.5. The normalized spacial score (nSPS) is 24.0. The van der Waals surface area contributed by atoms with Crippen molar-refractivity contribution >= 4 is 5.82 Å². The van der Waals surface area contributed by atoms with E-state index < -0.39 is 28.9 Å². The number of halogens is 4. The first-order chi connectivity index (χ1) is 13.0. The van der Waals surface area contributed by atoms with Crippen LogP contribution in [0.15, 0.2) is 12.1 Å². The van der Waals surface area contributed by atoms with E-state index >= 15 is 0 Å². The van der Waals surface area contributed by atoms with Gasteiger partial charge in [-0.05, 0) is 56.7 Å². The van der Waals surface area contributed by atoms with E-state index in [-0.39, 0.29) is 17.3 Å². The molecule has 5 nitrogen and oxygen atoms in total. The highest BCUT2D eigenvalue weighted by molar-refractivity contribution is 5.74. The number of phenols is 1. The Bertz CT molecular complexity index is 913. The van der Waals surface area contributed by atoms with Crippen molar-refractivity contribution in [1.29, 1.82) is 0 Å². The van der Waals surface area contributed by atoms with Crippen molar-refractivity contribution in [3.8, 4) is 17.0 Å². The molecule has 1 fully saturated rings. The molecule has 0 aliphatic heterocycles. The minimum absolute atomic E-state index is 0.0519. The lowest BCUT2D eigenvalue weighted by Crippen LogP contribution is -2.48. The number of hydrogen-bond donors (Lipinski definition) is 3. The van der Waals surface area contributed by atoms with Crippen LogP contribution in [0.5, 0.6) is 5.75 Å². The molecule has 0 spiro atoms. The highest BCUT2D eigenvalue weighted by Crippen LogP contribution is 2.42. The van der Waals surface area contributed by atoms with Crippen LogP contribution < -0.4 is 5.32 Å². The van der Waals surface area contributed by atoms with Crippen LogP contribution in [0.25, 0.3) is 11.3 Å². The molecule has 150 valence electrons. The Morgan fingerprint density at radius 3 is 2.43 bits per heavy atom. The van der Waals surface area contributed by atoms with Gasteiger partial charge in [-0.25, -0.2) is 4.39 Å². The molecule has 0 unspecified atom stereocenters. The maximum absolute atomic E-state index is 14.5. The molecule has 4 rings (SSSR count). The highest BCUT2D eigenvalue weighted by atomic mass is 19.4. The molecule has 1 aromatic heterocycles. The largest absolute Gasteiger partial charge is 0.507 e. The molecule has 1 saturated carbocycles. The van der Waals surface area contributed by atoms with Gasteiger partial charge in [0.1, 0.15) is 17.3 Å². The number of rotatable bonds is 3. The summed E-state index contributed by atoms with van der Waals surface area (Å²) < 4.78 is 53.0. The van der Waals surface area contributed by atoms with Gasteiger partial charge in [0, 0.05) is 11.6 Å². The topological polar surface area (TPSA) is 78.3 Å². The molecule has 2 aliphatic rings. The van der Waals surface area contributed by atoms with E-state index in [1.807, 2.05) is 0 Å². The van der Waals surface area contributed by atoms with E-state index in [0.717, 1.165) is 12.0 Å². The predicted octanol–water partition coefficient (Wildman–Crippen LogP) is 3.82. The lowest BCUT2D eigenvalue weighted by Gasteiger charge is -2.41. The first-order valence-electron chi connectivity index (χ1n) is 9.02. The SMILES string of the molecule is C[C@]1(O)C[C@@H](Nc2nnc(-c3c(O)cc(C(F)(F)F)cc3F)c3c2CCC3)C1. The number of benzene rings is 1. The molecule has 2 aromatic rings. The van der Waals surface area contributed by atoms with Crippen LogP contribution in [-0.2, 0) is 19.0 Å². The minimum Gasteiger partial charge on any atom is -0.507 e. The maximum Gasteiger partial charge on any atom is 0.416 e. The van der Waals surface area contributed by atoms with Gasteiger partial charge in [0.05, 0.1) is 16.7 Å². The number of anilines is 1. The van der Waals surface area contributed by atoms with E-state index in [2.05, 4.69) is 15.5 Å². The van der Waals surface area contributed by atoms with Crippen molar-refractivity contribution in [3.05, 3.63) is 34.6 Å². The average molecular weight is 397 g/mol. The van der Waals surface area contributed by atoms with Crippen molar-refractivity contribution in [1.82, 2.24) is 10.2 Å². The van der Waals surface area contributed by atoms with Gasteiger partial charge in [0.25, 0.3) is 0 Å². The predicted molar refractivity (Wildman–Crippen MR) is 93.4 cm³/mol. The first-order valence-corrected chi connectivity index (χ1v) is 9.02. The lowest BCUT2D eigenvalue weighted by molar-refractivity contribution is -0.137. The number of fused-ring (bicyclic) bond motifs is 1. The number of aliphatic hydroxyl groups is 1. The summed E-state index contributed by atoms with van der Waals surface area (Å²) in [6.45, 7) is 1.75. The third-order valence-electron chi connectivity index (χ3n) is 5.39. The fraction of sp³-hybridized carbons (Fsp3) is 0.474. The van der Waals surface area contributed by atoms with Gasteiger partial charge in [-0.2, -0.15) is 13.2 Å². The average Bonchev–Trinajstić information content (AvgIpc) is 3.03. The smallest absolute Gasteiger partial charge is 0.416 e. The minimum atomic E-state index is -4.76. The number of aromatic nitrogens is 2. The number of aromatic hydroxyl groups is 1. The van der Waals surface area contributed by atoms with Gasteiger partial charge in [0.15, 0.2) is 5.82 Å². The van der Waals surface area contributed by atoms with Gasteiger partial charge in [0.2, 0.25) is 0 Å². The van der Waals surface area contributed by atoms with Gasteiger partial charge < -0.3 is 15.5 Å². The molecule has 0 radical (unpaired) electrons. The molecule has 0 bridgehead atoms. The summed E-state index contributed by atoms with van der Waals surface area (Å²) >= 11 is 0. The van der Waals surface area contributed by atoms with E-state index in [1.54, 1.807) is 6.92 Å². The molecule has 0 amide bonds. The summed E-state index contributed by atoms with van der Waals surface area (Å²) in [4.78, 5) is 0. The van der Waals surface area contributed by atoms with Crippen LogP contribution in [0, 0.1) is 5.82 Å². The third kappa shape index (κ3) is 3.28. The quantitative estimate of drug-likeness (QED) is 0.687. The Labute approximate surface area is 158 Å². The van der Waals surface area contributed by atoms with Gasteiger partial charge in [-0.1, -0.05) is 0 Å². The summed E-state index contributed by atoms with van der Waals surface area (Å²) in [6.07, 6.45) is -1.61. The zero-order valence-corrected chi connectivity index (χ0v) is 15.1. The van der Waals surface area contributed by atoms with E-state index in [0.29, 0.717) is 49.2 Å². The molecule has 0 atom stereocenters. The molecule has 1 heterocycles. The Kier molecular flexibility index (Phi) is 4.26. The zero-order chi connectivity index (χ0) is 20.3. The number of nitrogens with one attached hydrogen (secondary N) is 1. The van der Waals surface area contributed by atoms with E-state index in [9.17, 15) is 27.8 Å². The van der Waals surface area contributed by atoms with Crippen molar-refractivity contribution in [2.75, 3.05) is 5.32 Å². The third-order valence-corrected chi connectivity index (χ3v) is 5.39. The summed E-state index contributed by atoms with van der Waals surface area (Å²) in [7, 11) is 0. The molecule has 28 heavy (non-hydrogen) atoms. The van der Waals surface area contributed by atoms with E-state index in [4.69, 9.17) is 0 Å². The van der Waals surface area contributed by atoms with Crippen LogP contribution >= 0.6 is 0 Å². The van der Waals surface area contributed by atoms with Crippen LogP contribution in [0.4, 0.5) is 23.4 Å². The Hall–Kier alpha value is -2.42. The molecule has 1 aromatic carbocycles. The fourth-order valence-electron chi connectivity index (χ4n) is 4.09. The number of phenolic OH excluding ortho intramolecular Hbond substituents is 1. The van der Waals surface area contributed by atoms with Gasteiger partial charge >= 0.3 is 6.18 Å². The first kappa shape index (κ1) is 18.9. The number of hydrogen-bond acceptors (Lipinski definition) is 5. The van der Waals surface area contributed by atoms with Crippen molar-refractivity contribution in [2.24, 2.45) is 0 Å². The van der Waals surface area contributed by atoms with Crippen molar-refractivity contribution in [3.63, 3.8) is 0 Å². The molecule has 9 heteroatoms. The van der Waals surface area contributed by atoms with Gasteiger partial charge in [-0.3, -0.25) is 0 Å². The second kappa shape index (κ2) is 6.30. The van der Waals surface area contributed by atoms with E-state index in [1.165, 1.54) is 0 Å². The zero-order valence-electron chi connectivity index (χ0n) is 15.1. The lowest BCUT2D eigenvalue weighted by atomic mass is 9.77. The number of nitrogens with zero attached hydrogens (tertiary/aromatic N) is 2. The fourth-order valence-corrected chi connectivity index (χ4v) is 4.09. The molecule has 3 N–H and O–H groups in total. The van der Waals surface area contributed by atoms with Crippen molar-refractivity contribution in [2.45, 2.75) is 56.8 Å². The van der Waals surface area contributed by atoms with Crippen LogP contribution in [0.3, 0.4) is 0 Å². The molecule has 0 saturated heterocycles. The Morgan fingerprint density at radius 1 is 1.14 bits per heavy atom. The summed E-state index contributed by atoms with van der Waals surface area (Å²) in [6, 6.07) is 0.918. The molecular formula is C19H19F4N3O2. The second-order valence-electron chi connectivity index (χ2n) is 7.80. The Morgan fingerprint density at radius 2 is 1.82 bits per heavy atom. The van der Waals surface area contributed by atoms with Crippen molar-refractivity contribution < 1.29 is 27.8 Å². The molecule has 2 aliphatic carbocycles. The Balaban J connectivity index is 1.71.